The third-order valence-electron chi connectivity index (χ3n) is 5.96. The lowest BCUT2D eigenvalue weighted by Crippen LogP contribution is -2.51. The van der Waals surface area contributed by atoms with Crippen molar-refractivity contribution >= 4 is 51.6 Å². The van der Waals surface area contributed by atoms with E-state index >= 15 is 0 Å². The average molecular weight is 588 g/mol. The van der Waals surface area contributed by atoms with Gasteiger partial charge in [0.1, 0.15) is 35.9 Å². The monoisotopic (exact) mass is 587 g/mol. The minimum atomic E-state index is -0.736. The Labute approximate surface area is 243 Å². The van der Waals surface area contributed by atoms with Crippen LogP contribution in [0.3, 0.4) is 0 Å². The molecule has 0 saturated carbocycles. The summed E-state index contributed by atoms with van der Waals surface area (Å²) in [5.41, 5.74) is -0.0449. The lowest BCUT2D eigenvalue weighted by Gasteiger charge is -2.37. The first-order valence-electron chi connectivity index (χ1n) is 12.9. The Kier molecular flexibility index (Phi) is 10.2. The SMILES string of the molecule is C=CC(=O)Nc1cc2c(Nc3ccc(F)c(Cl)c3)ncnc2cc1OCCN(CC(=O)OC(C)(C)C)C(C)(C)CO. The predicted molar refractivity (Wildman–Crippen MR) is 157 cm³/mol. The summed E-state index contributed by atoms with van der Waals surface area (Å²) < 4.78 is 25.1. The van der Waals surface area contributed by atoms with Crippen LogP contribution in [0.5, 0.6) is 5.75 Å². The van der Waals surface area contributed by atoms with Crippen molar-refractivity contribution in [2.75, 3.05) is 36.9 Å². The number of esters is 1. The highest BCUT2D eigenvalue weighted by Gasteiger charge is 2.29. The third-order valence-corrected chi connectivity index (χ3v) is 6.25. The van der Waals surface area contributed by atoms with Crippen molar-refractivity contribution in [3.63, 3.8) is 0 Å². The number of ether oxygens (including phenoxy) is 2. The van der Waals surface area contributed by atoms with Crippen molar-refractivity contribution < 1.29 is 28.6 Å². The van der Waals surface area contributed by atoms with E-state index in [0.29, 0.717) is 33.8 Å². The predicted octanol–water partition coefficient (Wildman–Crippen LogP) is 5.08. The van der Waals surface area contributed by atoms with Gasteiger partial charge in [-0.15, -0.1) is 0 Å². The maximum atomic E-state index is 13.6. The molecule has 3 N–H and O–H groups in total. The Morgan fingerprint density at radius 1 is 1.17 bits per heavy atom. The van der Waals surface area contributed by atoms with Crippen LogP contribution in [0.25, 0.3) is 10.9 Å². The van der Waals surface area contributed by atoms with Gasteiger partial charge in [0.2, 0.25) is 5.91 Å². The van der Waals surface area contributed by atoms with E-state index in [1.165, 1.54) is 24.5 Å². The van der Waals surface area contributed by atoms with Crippen molar-refractivity contribution in [2.24, 2.45) is 0 Å². The molecule has 0 aliphatic rings. The van der Waals surface area contributed by atoms with Gasteiger partial charge in [-0.2, -0.15) is 0 Å². The Morgan fingerprint density at radius 2 is 1.90 bits per heavy atom. The van der Waals surface area contributed by atoms with Crippen LogP contribution in [-0.4, -0.2) is 69.3 Å². The molecule has 0 unspecified atom stereocenters. The number of aliphatic hydroxyl groups is 1. The summed E-state index contributed by atoms with van der Waals surface area (Å²) in [5.74, 6) is -0.720. The highest BCUT2D eigenvalue weighted by atomic mass is 35.5. The van der Waals surface area contributed by atoms with E-state index in [1.54, 1.807) is 37.8 Å². The second-order valence-corrected chi connectivity index (χ2v) is 11.3. The molecular weight excluding hydrogens is 553 g/mol. The molecule has 1 aromatic heterocycles. The Bertz CT molecular complexity index is 1430. The fourth-order valence-corrected chi connectivity index (χ4v) is 3.97. The van der Waals surface area contributed by atoms with Crippen LogP contribution < -0.4 is 15.4 Å². The Morgan fingerprint density at radius 3 is 2.54 bits per heavy atom. The van der Waals surface area contributed by atoms with E-state index in [0.717, 1.165) is 6.08 Å². The van der Waals surface area contributed by atoms with E-state index in [-0.39, 0.29) is 31.3 Å². The summed E-state index contributed by atoms with van der Waals surface area (Å²) >= 11 is 5.92. The Hall–Kier alpha value is -3.80. The number of aliphatic hydroxyl groups excluding tert-OH is 1. The van der Waals surface area contributed by atoms with Crippen molar-refractivity contribution in [1.29, 1.82) is 0 Å². The molecule has 3 rings (SSSR count). The van der Waals surface area contributed by atoms with E-state index < -0.39 is 28.8 Å². The number of hydrogen-bond acceptors (Lipinski definition) is 9. The molecule has 1 amide bonds. The number of amides is 1. The zero-order valence-corrected chi connectivity index (χ0v) is 24.5. The van der Waals surface area contributed by atoms with Crippen LogP contribution in [-0.2, 0) is 14.3 Å². The maximum Gasteiger partial charge on any atom is 0.320 e. The number of aromatic nitrogens is 2. The van der Waals surface area contributed by atoms with Crippen LogP contribution in [0.2, 0.25) is 5.02 Å². The van der Waals surface area contributed by atoms with Gasteiger partial charge >= 0.3 is 5.97 Å². The minimum Gasteiger partial charge on any atom is -0.490 e. The molecule has 220 valence electrons. The number of carbonyl (C=O) groups is 2. The molecule has 12 heteroatoms. The fourth-order valence-electron chi connectivity index (χ4n) is 3.79. The number of nitrogens with zero attached hydrogens (tertiary/aromatic N) is 3. The lowest BCUT2D eigenvalue weighted by molar-refractivity contribution is -0.158. The number of carbonyl (C=O) groups excluding carboxylic acids is 2. The molecular formula is C29H35ClFN5O5. The number of halogens is 2. The fraction of sp³-hybridized carbons (Fsp3) is 0.379. The number of hydrogen-bond donors (Lipinski definition) is 3. The first-order chi connectivity index (χ1) is 19.2. The first-order valence-corrected chi connectivity index (χ1v) is 13.2. The number of nitrogens with one attached hydrogen (secondary N) is 2. The van der Waals surface area contributed by atoms with Gasteiger partial charge in [-0.05, 0) is 65.0 Å². The summed E-state index contributed by atoms with van der Waals surface area (Å²) in [7, 11) is 0. The first kappa shape index (κ1) is 31.7. The van der Waals surface area contributed by atoms with Gasteiger partial charge in [-0.3, -0.25) is 14.5 Å². The van der Waals surface area contributed by atoms with Crippen molar-refractivity contribution in [3.8, 4) is 5.75 Å². The average Bonchev–Trinajstić information content (AvgIpc) is 2.89. The summed E-state index contributed by atoms with van der Waals surface area (Å²) in [6.45, 7) is 12.6. The zero-order valence-electron chi connectivity index (χ0n) is 23.8. The normalized spacial score (nSPS) is 11.8. The van der Waals surface area contributed by atoms with Crippen LogP contribution in [0.4, 0.5) is 21.6 Å². The number of anilines is 3. The zero-order chi connectivity index (χ0) is 30.4. The van der Waals surface area contributed by atoms with Crippen LogP contribution >= 0.6 is 11.6 Å². The highest BCUT2D eigenvalue weighted by Crippen LogP contribution is 2.34. The number of benzene rings is 2. The summed E-state index contributed by atoms with van der Waals surface area (Å²) in [6, 6.07) is 7.48. The molecule has 0 spiro atoms. The number of fused-ring (bicyclic) bond motifs is 1. The van der Waals surface area contributed by atoms with Gasteiger partial charge in [-0.25, -0.2) is 14.4 Å². The standard InChI is InChI=1S/C29H35ClFN5O5/c1-7-25(38)35-23-13-19-22(32-17-33-27(19)34-18-8-9-21(31)20(30)12-18)14-24(23)40-11-10-36(29(5,6)16-37)15-26(39)41-28(2,3)4/h7-9,12-14,17,37H,1,10-11,15-16H2,2-6H3,(H,35,38)(H,32,33,34). The van der Waals surface area contributed by atoms with E-state index in [1.807, 2.05) is 13.8 Å². The topological polar surface area (TPSA) is 126 Å². The van der Waals surface area contributed by atoms with E-state index in [4.69, 9.17) is 21.1 Å². The van der Waals surface area contributed by atoms with Crippen molar-refractivity contribution in [2.45, 2.75) is 45.8 Å². The molecule has 10 nitrogen and oxygen atoms in total. The molecule has 0 bridgehead atoms. The number of rotatable bonds is 12. The molecule has 0 aliphatic heterocycles. The second kappa shape index (κ2) is 13.2. The maximum absolute atomic E-state index is 13.6. The van der Waals surface area contributed by atoms with E-state index in [2.05, 4.69) is 27.2 Å². The van der Waals surface area contributed by atoms with Gasteiger partial charge in [0.05, 0.1) is 29.4 Å². The molecule has 3 aromatic rings. The molecule has 41 heavy (non-hydrogen) atoms. The Balaban J connectivity index is 1.88. The second-order valence-electron chi connectivity index (χ2n) is 10.9. The minimum absolute atomic E-state index is 0.0481. The van der Waals surface area contributed by atoms with Crippen molar-refractivity contribution in [3.05, 3.63) is 60.2 Å². The molecule has 0 radical (unpaired) electrons. The van der Waals surface area contributed by atoms with Crippen LogP contribution in [0.1, 0.15) is 34.6 Å². The molecule has 0 atom stereocenters. The molecule has 2 aromatic carbocycles. The van der Waals surface area contributed by atoms with Crippen molar-refractivity contribution in [1.82, 2.24) is 14.9 Å². The summed E-state index contributed by atoms with van der Waals surface area (Å²) in [5, 5.41) is 16.3. The third kappa shape index (κ3) is 8.84. The van der Waals surface area contributed by atoms with Crippen LogP contribution in [0.15, 0.2) is 49.3 Å². The van der Waals surface area contributed by atoms with Crippen LogP contribution in [0, 0.1) is 5.82 Å². The van der Waals surface area contributed by atoms with Gasteiger partial charge in [0.15, 0.2) is 0 Å². The van der Waals surface area contributed by atoms with Gasteiger partial charge in [-0.1, -0.05) is 18.2 Å². The summed E-state index contributed by atoms with van der Waals surface area (Å²) in [6.07, 6.45) is 2.48. The molecule has 0 fully saturated rings. The molecule has 0 aliphatic carbocycles. The molecule has 1 heterocycles. The largest absolute Gasteiger partial charge is 0.490 e. The molecule has 0 saturated heterocycles. The quantitative estimate of drug-likeness (QED) is 0.196. The van der Waals surface area contributed by atoms with E-state index in [9.17, 15) is 19.1 Å². The summed E-state index contributed by atoms with van der Waals surface area (Å²) in [4.78, 5) is 35.2. The lowest BCUT2D eigenvalue weighted by atomic mass is 10.0. The smallest absolute Gasteiger partial charge is 0.320 e. The highest BCUT2D eigenvalue weighted by molar-refractivity contribution is 6.31. The van der Waals surface area contributed by atoms with Gasteiger partial charge in [0.25, 0.3) is 0 Å². The van der Waals surface area contributed by atoms with Gasteiger partial charge in [0, 0.05) is 29.2 Å². The van der Waals surface area contributed by atoms with Gasteiger partial charge < -0.3 is 25.2 Å².